The van der Waals surface area contributed by atoms with Crippen molar-refractivity contribution in [2.75, 3.05) is 18.9 Å². The molecule has 0 radical (unpaired) electrons. The van der Waals surface area contributed by atoms with Crippen molar-refractivity contribution in [3.05, 3.63) is 59.1 Å². The standard InChI is InChI=1S/C20H25ClN4O2.HI/c1-14(27-19-9-7-17(21)8-10-19)12-23-20(22-3)24-13-16-5-4-6-18(11-16)25-15(2)26;/h4-11,14H,12-13H2,1-3H3,(H,25,26)(H2,22,23,24);1H. The van der Waals surface area contributed by atoms with Gasteiger partial charge in [0.15, 0.2) is 5.96 Å². The number of aliphatic imine (C=N–C) groups is 1. The fourth-order valence-electron chi connectivity index (χ4n) is 2.40. The summed E-state index contributed by atoms with van der Waals surface area (Å²) in [4.78, 5) is 15.4. The number of benzene rings is 2. The lowest BCUT2D eigenvalue weighted by molar-refractivity contribution is -0.114. The number of hydrogen-bond donors (Lipinski definition) is 3. The van der Waals surface area contributed by atoms with E-state index in [0.29, 0.717) is 24.1 Å². The number of amides is 1. The Bertz CT molecular complexity index is 784. The fraction of sp³-hybridized carbons (Fsp3) is 0.300. The maximum absolute atomic E-state index is 11.2. The van der Waals surface area contributed by atoms with Crippen molar-refractivity contribution in [3.8, 4) is 5.75 Å². The van der Waals surface area contributed by atoms with E-state index in [1.165, 1.54) is 6.92 Å². The van der Waals surface area contributed by atoms with Crippen molar-refractivity contribution >= 4 is 53.1 Å². The molecule has 28 heavy (non-hydrogen) atoms. The first-order chi connectivity index (χ1) is 13.0. The monoisotopic (exact) mass is 516 g/mol. The Labute approximate surface area is 188 Å². The minimum atomic E-state index is -0.0905. The van der Waals surface area contributed by atoms with Crippen LogP contribution in [0.25, 0.3) is 0 Å². The molecule has 0 aliphatic heterocycles. The topological polar surface area (TPSA) is 74.8 Å². The average Bonchev–Trinajstić information content (AvgIpc) is 2.63. The molecule has 152 valence electrons. The second kappa shape index (κ2) is 12.5. The summed E-state index contributed by atoms with van der Waals surface area (Å²) in [6, 6.07) is 14.9. The Morgan fingerprint density at radius 2 is 1.89 bits per heavy atom. The molecule has 6 nitrogen and oxygen atoms in total. The van der Waals surface area contributed by atoms with Gasteiger partial charge in [-0.15, -0.1) is 24.0 Å². The summed E-state index contributed by atoms with van der Waals surface area (Å²) in [6.45, 7) is 4.64. The van der Waals surface area contributed by atoms with Gasteiger partial charge >= 0.3 is 0 Å². The van der Waals surface area contributed by atoms with E-state index >= 15 is 0 Å². The Morgan fingerprint density at radius 3 is 2.54 bits per heavy atom. The number of ether oxygens (including phenoxy) is 1. The number of nitrogens with one attached hydrogen (secondary N) is 3. The fourth-order valence-corrected chi connectivity index (χ4v) is 2.52. The summed E-state index contributed by atoms with van der Waals surface area (Å²) in [5, 5.41) is 9.94. The maximum Gasteiger partial charge on any atom is 0.221 e. The van der Waals surface area contributed by atoms with Gasteiger partial charge in [0.2, 0.25) is 5.91 Å². The number of rotatable bonds is 7. The first kappa shape index (κ1) is 24.0. The van der Waals surface area contributed by atoms with E-state index in [-0.39, 0.29) is 36.0 Å². The molecule has 2 rings (SSSR count). The van der Waals surface area contributed by atoms with Crippen molar-refractivity contribution in [1.82, 2.24) is 10.6 Å². The van der Waals surface area contributed by atoms with E-state index in [2.05, 4.69) is 20.9 Å². The van der Waals surface area contributed by atoms with Crippen LogP contribution in [-0.4, -0.2) is 31.6 Å². The molecule has 1 atom stereocenters. The molecular weight excluding hydrogens is 491 g/mol. The highest BCUT2D eigenvalue weighted by atomic mass is 127. The molecule has 0 saturated heterocycles. The molecule has 0 bridgehead atoms. The number of carbonyl (C=O) groups is 1. The first-order valence-electron chi connectivity index (χ1n) is 8.69. The van der Waals surface area contributed by atoms with Gasteiger partial charge in [-0.05, 0) is 48.9 Å². The molecule has 0 aromatic heterocycles. The van der Waals surface area contributed by atoms with Crippen LogP contribution in [0.2, 0.25) is 5.02 Å². The minimum Gasteiger partial charge on any atom is -0.489 e. The summed E-state index contributed by atoms with van der Waals surface area (Å²) in [5.41, 5.74) is 1.81. The van der Waals surface area contributed by atoms with Gasteiger partial charge in [-0.2, -0.15) is 0 Å². The number of halogens is 2. The van der Waals surface area contributed by atoms with Gasteiger partial charge in [-0.3, -0.25) is 9.79 Å². The molecule has 2 aromatic carbocycles. The number of nitrogens with zero attached hydrogens (tertiary/aromatic N) is 1. The maximum atomic E-state index is 11.2. The number of hydrogen-bond acceptors (Lipinski definition) is 3. The van der Waals surface area contributed by atoms with E-state index < -0.39 is 0 Å². The van der Waals surface area contributed by atoms with Gasteiger partial charge in [0, 0.05) is 31.2 Å². The van der Waals surface area contributed by atoms with Gasteiger partial charge in [0.25, 0.3) is 0 Å². The van der Waals surface area contributed by atoms with E-state index in [1.54, 1.807) is 19.2 Å². The molecule has 0 saturated carbocycles. The Kier molecular flexibility index (Phi) is 10.7. The molecule has 3 N–H and O–H groups in total. The second-order valence-corrected chi connectivity index (χ2v) is 6.51. The predicted octanol–water partition coefficient (Wildman–Crippen LogP) is 4.05. The van der Waals surface area contributed by atoms with Crippen LogP contribution in [-0.2, 0) is 11.3 Å². The normalized spacial score (nSPS) is 11.8. The molecule has 0 aliphatic carbocycles. The molecule has 2 aromatic rings. The van der Waals surface area contributed by atoms with Crippen molar-refractivity contribution in [1.29, 1.82) is 0 Å². The summed E-state index contributed by atoms with van der Waals surface area (Å²) >= 11 is 5.88. The molecular formula is C20H26ClIN4O2. The van der Waals surface area contributed by atoms with Crippen molar-refractivity contribution in [3.63, 3.8) is 0 Å². The third-order valence-electron chi connectivity index (χ3n) is 3.64. The lowest BCUT2D eigenvalue weighted by Crippen LogP contribution is -2.41. The van der Waals surface area contributed by atoms with Crippen molar-refractivity contribution < 1.29 is 9.53 Å². The van der Waals surface area contributed by atoms with Crippen molar-refractivity contribution in [2.45, 2.75) is 26.5 Å². The van der Waals surface area contributed by atoms with Crippen LogP contribution in [0.5, 0.6) is 5.75 Å². The lowest BCUT2D eigenvalue weighted by atomic mass is 10.2. The molecule has 0 heterocycles. The van der Waals surface area contributed by atoms with Crippen LogP contribution in [0.1, 0.15) is 19.4 Å². The predicted molar refractivity (Wildman–Crippen MR) is 126 cm³/mol. The smallest absolute Gasteiger partial charge is 0.221 e. The van der Waals surface area contributed by atoms with E-state index in [1.807, 2.05) is 43.3 Å². The lowest BCUT2D eigenvalue weighted by Gasteiger charge is -2.18. The zero-order valence-electron chi connectivity index (χ0n) is 16.2. The first-order valence-corrected chi connectivity index (χ1v) is 9.07. The van der Waals surface area contributed by atoms with Crippen LogP contribution < -0.4 is 20.7 Å². The quantitative estimate of drug-likeness (QED) is 0.295. The number of anilines is 1. The third-order valence-corrected chi connectivity index (χ3v) is 3.89. The summed E-state index contributed by atoms with van der Waals surface area (Å²) in [6.07, 6.45) is -0.0483. The Morgan fingerprint density at radius 1 is 1.18 bits per heavy atom. The molecule has 0 spiro atoms. The van der Waals surface area contributed by atoms with Gasteiger partial charge in [-0.1, -0.05) is 23.7 Å². The number of guanidine groups is 1. The second-order valence-electron chi connectivity index (χ2n) is 6.07. The van der Waals surface area contributed by atoms with Crippen LogP contribution in [0.4, 0.5) is 5.69 Å². The van der Waals surface area contributed by atoms with Gasteiger partial charge in [-0.25, -0.2) is 0 Å². The Hall–Kier alpha value is -2.00. The Balaban J connectivity index is 0.00000392. The highest BCUT2D eigenvalue weighted by Gasteiger charge is 2.06. The molecule has 0 aliphatic rings. The van der Waals surface area contributed by atoms with Crippen LogP contribution in [0.3, 0.4) is 0 Å². The molecule has 1 amide bonds. The van der Waals surface area contributed by atoms with Gasteiger partial charge < -0.3 is 20.7 Å². The third kappa shape index (κ3) is 8.79. The largest absolute Gasteiger partial charge is 0.489 e. The zero-order chi connectivity index (χ0) is 19.6. The highest BCUT2D eigenvalue weighted by molar-refractivity contribution is 14.0. The van der Waals surface area contributed by atoms with Crippen LogP contribution >= 0.6 is 35.6 Å². The minimum absolute atomic E-state index is 0. The SMILES string of the molecule is CN=C(NCc1cccc(NC(C)=O)c1)NCC(C)Oc1ccc(Cl)cc1.I. The summed E-state index contributed by atoms with van der Waals surface area (Å²) < 4.78 is 5.84. The molecule has 8 heteroatoms. The van der Waals surface area contributed by atoms with Crippen LogP contribution in [0, 0.1) is 0 Å². The van der Waals surface area contributed by atoms with Crippen LogP contribution in [0.15, 0.2) is 53.5 Å². The molecule has 0 fully saturated rings. The van der Waals surface area contributed by atoms with Crippen molar-refractivity contribution in [2.24, 2.45) is 4.99 Å². The van der Waals surface area contributed by atoms with Gasteiger partial charge in [0.1, 0.15) is 11.9 Å². The van der Waals surface area contributed by atoms with E-state index in [4.69, 9.17) is 16.3 Å². The van der Waals surface area contributed by atoms with E-state index in [9.17, 15) is 4.79 Å². The highest BCUT2D eigenvalue weighted by Crippen LogP contribution is 2.16. The molecule has 1 unspecified atom stereocenters. The summed E-state index contributed by atoms with van der Waals surface area (Å²) in [7, 11) is 1.72. The van der Waals surface area contributed by atoms with Gasteiger partial charge in [0.05, 0.1) is 6.54 Å². The number of carbonyl (C=O) groups excluding carboxylic acids is 1. The van der Waals surface area contributed by atoms with E-state index in [0.717, 1.165) is 17.0 Å². The average molecular weight is 517 g/mol. The summed E-state index contributed by atoms with van der Waals surface area (Å²) in [5.74, 6) is 1.35. The zero-order valence-corrected chi connectivity index (χ0v) is 19.2.